The Morgan fingerprint density at radius 3 is 1.95 bits per heavy atom. The van der Waals surface area contributed by atoms with E-state index in [1.165, 1.54) is 71.3 Å². The van der Waals surface area contributed by atoms with Crippen LogP contribution in [0.3, 0.4) is 0 Å². The van der Waals surface area contributed by atoms with Gasteiger partial charge in [-0.05, 0) is 13.0 Å². The normalized spacial score (nSPS) is 12.3. The summed E-state index contributed by atoms with van der Waals surface area (Å²) in [6.07, 6.45) is 13.6. The highest BCUT2D eigenvalue weighted by Crippen LogP contribution is 2.10. The fourth-order valence-corrected chi connectivity index (χ4v) is 2.34. The summed E-state index contributed by atoms with van der Waals surface area (Å²) in [5.41, 5.74) is 0. The predicted octanol–water partition coefficient (Wildman–Crippen LogP) is 4.31. The van der Waals surface area contributed by atoms with Gasteiger partial charge in [-0.2, -0.15) is 0 Å². The Hall–Kier alpha value is -0.570. The Morgan fingerprint density at radius 1 is 0.950 bits per heavy atom. The first-order valence-electron chi connectivity index (χ1n) is 8.50. The van der Waals surface area contributed by atoms with Gasteiger partial charge in [-0.25, -0.2) is 0 Å². The topological polar surface area (TPSA) is 38.3 Å². The highest BCUT2D eigenvalue weighted by molar-refractivity contribution is 5.71. The number of rotatable bonds is 14. The van der Waals surface area contributed by atoms with Gasteiger partial charge in [0.2, 0.25) is 0 Å². The van der Waals surface area contributed by atoms with Crippen molar-refractivity contribution in [2.75, 3.05) is 20.2 Å². The number of methoxy groups -OCH3 is 1. The van der Waals surface area contributed by atoms with Gasteiger partial charge in [-0.1, -0.05) is 71.6 Å². The second-order valence-electron chi connectivity index (χ2n) is 5.81. The van der Waals surface area contributed by atoms with Crippen LogP contribution in [-0.2, 0) is 9.53 Å². The van der Waals surface area contributed by atoms with Gasteiger partial charge in [0, 0.05) is 6.54 Å². The number of hydrogen-bond acceptors (Lipinski definition) is 3. The molecular weight excluding hydrogens is 250 g/mol. The van der Waals surface area contributed by atoms with E-state index in [4.69, 9.17) is 4.74 Å². The molecule has 120 valence electrons. The lowest BCUT2D eigenvalue weighted by atomic mass is 10.1. The average molecular weight is 285 g/mol. The van der Waals surface area contributed by atoms with E-state index < -0.39 is 0 Å². The van der Waals surface area contributed by atoms with Gasteiger partial charge in [0.15, 0.2) is 0 Å². The monoisotopic (exact) mass is 285 g/mol. The van der Waals surface area contributed by atoms with E-state index in [0.29, 0.717) is 0 Å². The van der Waals surface area contributed by atoms with E-state index >= 15 is 0 Å². The minimum absolute atomic E-state index is 0.0388. The molecule has 3 heteroatoms. The maximum Gasteiger partial charge on any atom is 0.309 e. The van der Waals surface area contributed by atoms with Crippen LogP contribution in [-0.4, -0.2) is 26.2 Å². The molecule has 0 aromatic carbocycles. The summed E-state index contributed by atoms with van der Waals surface area (Å²) in [7, 11) is 1.45. The van der Waals surface area contributed by atoms with Gasteiger partial charge in [-0.3, -0.25) is 4.79 Å². The molecule has 0 saturated heterocycles. The number of esters is 1. The molecule has 0 saturated carbocycles. The quantitative estimate of drug-likeness (QED) is 0.382. The van der Waals surface area contributed by atoms with Crippen molar-refractivity contribution < 1.29 is 9.53 Å². The van der Waals surface area contributed by atoms with Crippen LogP contribution in [0.15, 0.2) is 0 Å². The molecule has 0 aromatic rings. The predicted molar refractivity (Wildman–Crippen MR) is 85.9 cm³/mol. The molecule has 0 fully saturated rings. The van der Waals surface area contributed by atoms with Crippen molar-refractivity contribution in [2.45, 2.75) is 78.1 Å². The highest BCUT2D eigenvalue weighted by atomic mass is 16.5. The minimum atomic E-state index is -0.124. The molecule has 0 spiro atoms. The molecule has 3 nitrogen and oxygen atoms in total. The van der Waals surface area contributed by atoms with Gasteiger partial charge in [-0.15, -0.1) is 0 Å². The van der Waals surface area contributed by atoms with Crippen LogP contribution < -0.4 is 5.32 Å². The molecule has 0 heterocycles. The highest BCUT2D eigenvalue weighted by Gasteiger charge is 2.11. The summed E-state index contributed by atoms with van der Waals surface area (Å²) in [5.74, 6) is -0.163. The lowest BCUT2D eigenvalue weighted by molar-refractivity contribution is -0.144. The third-order valence-electron chi connectivity index (χ3n) is 3.76. The molecule has 0 radical (unpaired) electrons. The number of carbonyl (C=O) groups excluding carboxylic acids is 1. The summed E-state index contributed by atoms with van der Waals surface area (Å²) in [5, 5.41) is 3.32. The van der Waals surface area contributed by atoms with E-state index in [0.717, 1.165) is 13.1 Å². The first kappa shape index (κ1) is 19.4. The van der Waals surface area contributed by atoms with Crippen LogP contribution in [0, 0.1) is 5.92 Å². The van der Waals surface area contributed by atoms with Crippen LogP contribution in [0.2, 0.25) is 0 Å². The molecule has 0 bridgehead atoms. The lowest BCUT2D eigenvalue weighted by Crippen LogP contribution is -2.27. The summed E-state index contributed by atoms with van der Waals surface area (Å²) in [6, 6.07) is 0. The zero-order valence-electron chi connectivity index (χ0n) is 13.9. The van der Waals surface area contributed by atoms with Crippen molar-refractivity contribution in [3.63, 3.8) is 0 Å². The van der Waals surface area contributed by atoms with Crippen molar-refractivity contribution >= 4 is 5.97 Å². The Labute approximate surface area is 125 Å². The molecule has 0 amide bonds. The van der Waals surface area contributed by atoms with Crippen LogP contribution in [0.4, 0.5) is 0 Å². The zero-order chi connectivity index (χ0) is 15.1. The third-order valence-corrected chi connectivity index (χ3v) is 3.76. The van der Waals surface area contributed by atoms with Crippen LogP contribution in [0.5, 0.6) is 0 Å². The van der Waals surface area contributed by atoms with Crippen molar-refractivity contribution in [1.29, 1.82) is 0 Å². The Kier molecular flexibility index (Phi) is 14.4. The Bertz CT molecular complexity index is 219. The molecule has 1 unspecified atom stereocenters. The molecule has 1 atom stereocenters. The second kappa shape index (κ2) is 14.8. The van der Waals surface area contributed by atoms with E-state index in [1.807, 2.05) is 6.92 Å². The van der Waals surface area contributed by atoms with Crippen LogP contribution in [0.1, 0.15) is 78.1 Å². The van der Waals surface area contributed by atoms with Gasteiger partial charge in [0.1, 0.15) is 0 Å². The van der Waals surface area contributed by atoms with Crippen molar-refractivity contribution in [3.8, 4) is 0 Å². The number of carbonyl (C=O) groups is 1. The third kappa shape index (κ3) is 12.5. The minimum Gasteiger partial charge on any atom is -0.469 e. The average Bonchev–Trinajstić information content (AvgIpc) is 2.47. The van der Waals surface area contributed by atoms with E-state index in [2.05, 4.69) is 12.2 Å². The van der Waals surface area contributed by atoms with E-state index in [-0.39, 0.29) is 11.9 Å². The van der Waals surface area contributed by atoms with Gasteiger partial charge in [0.05, 0.1) is 13.0 Å². The summed E-state index contributed by atoms with van der Waals surface area (Å²) in [6.45, 7) is 5.90. The number of nitrogens with one attached hydrogen (secondary N) is 1. The molecule has 20 heavy (non-hydrogen) atoms. The Morgan fingerprint density at radius 2 is 1.45 bits per heavy atom. The van der Waals surface area contributed by atoms with Crippen LogP contribution >= 0.6 is 0 Å². The SMILES string of the molecule is CCCCCCCCCCCCNCC(C)C(=O)OC. The smallest absolute Gasteiger partial charge is 0.309 e. The Balaban J connectivity index is 3.11. The summed E-state index contributed by atoms with van der Waals surface area (Å²) in [4.78, 5) is 11.2. The molecule has 0 aliphatic carbocycles. The zero-order valence-corrected chi connectivity index (χ0v) is 13.9. The largest absolute Gasteiger partial charge is 0.469 e. The van der Waals surface area contributed by atoms with Crippen LogP contribution in [0.25, 0.3) is 0 Å². The molecule has 0 aromatic heterocycles. The van der Waals surface area contributed by atoms with Gasteiger partial charge >= 0.3 is 5.97 Å². The van der Waals surface area contributed by atoms with Gasteiger partial charge in [0.25, 0.3) is 0 Å². The second-order valence-corrected chi connectivity index (χ2v) is 5.81. The van der Waals surface area contributed by atoms with E-state index in [1.54, 1.807) is 0 Å². The first-order valence-corrected chi connectivity index (χ1v) is 8.50. The maximum absolute atomic E-state index is 11.2. The first-order chi connectivity index (χ1) is 9.72. The standard InChI is InChI=1S/C17H35NO2/c1-4-5-6-7-8-9-10-11-12-13-14-18-15-16(2)17(19)20-3/h16,18H,4-15H2,1-3H3. The number of ether oxygens (including phenoxy) is 1. The molecule has 0 rings (SSSR count). The van der Waals surface area contributed by atoms with Crippen molar-refractivity contribution in [1.82, 2.24) is 5.32 Å². The number of unbranched alkanes of at least 4 members (excludes halogenated alkanes) is 9. The molecule has 0 aliphatic heterocycles. The van der Waals surface area contributed by atoms with Crippen molar-refractivity contribution in [3.05, 3.63) is 0 Å². The maximum atomic E-state index is 11.2. The van der Waals surface area contributed by atoms with Crippen molar-refractivity contribution in [2.24, 2.45) is 5.92 Å². The lowest BCUT2D eigenvalue weighted by Gasteiger charge is -2.10. The number of hydrogen-bond donors (Lipinski definition) is 1. The van der Waals surface area contributed by atoms with E-state index in [9.17, 15) is 4.79 Å². The van der Waals surface area contributed by atoms with Gasteiger partial charge < -0.3 is 10.1 Å². The fraction of sp³-hybridized carbons (Fsp3) is 0.941. The summed E-state index contributed by atoms with van der Waals surface area (Å²) < 4.78 is 4.69. The molecule has 1 N–H and O–H groups in total. The summed E-state index contributed by atoms with van der Waals surface area (Å²) >= 11 is 0. The molecule has 0 aliphatic rings. The molecular formula is C17H35NO2. The fourth-order valence-electron chi connectivity index (χ4n) is 2.34.